The Labute approximate surface area is 95.0 Å². The molecule has 0 saturated carbocycles. The van der Waals surface area contributed by atoms with E-state index in [1.54, 1.807) is 11.9 Å². The number of rotatable bonds is 4. The van der Waals surface area contributed by atoms with Gasteiger partial charge in [0.2, 0.25) is 11.8 Å². The Morgan fingerprint density at radius 1 is 1.53 bits per heavy atom. The van der Waals surface area contributed by atoms with E-state index in [9.17, 15) is 9.59 Å². The third kappa shape index (κ3) is 3.09. The maximum Gasteiger partial charge on any atom is 0.242 e. The van der Waals surface area contributed by atoms with Crippen molar-refractivity contribution in [3.8, 4) is 0 Å². The number of likely N-dealkylation sites (tertiary alicyclic amines) is 1. The van der Waals surface area contributed by atoms with Gasteiger partial charge in [-0.25, -0.2) is 0 Å². The monoisotopic (exact) mass is 232 g/mol. The predicted molar refractivity (Wildman–Crippen MR) is 58.8 cm³/mol. The summed E-state index contributed by atoms with van der Waals surface area (Å²) in [6.07, 6.45) is 2.80. The first-order valence-corrected chi connectivity index (χ1v) is 5.81. The summed E-state index contributed by atoms with van der Waals surface area (Å²) in [5, 5.41) is 2.59. The fourth-order valence-electron chi connectivity index (χ4n) is 1.87. The average molecular weight is 233 g/mol. The maximum absolute atomic E-state index is 11.7. The number of carbonyl (C=O) groups is 2. The van der Waals surface area contributed by atoms with E-state index in [2.05, 4.69) is 5.32 Å². The van der Waals surface area contributed by atoms with E-state index in [4.69, 9.17) is 11.6 Å². The predicted octanol–water partition coefficient (Wildman–Crippen LogP) is 0.742. The molecule has 1 atom stereocenters. The molecule has 15 heavy (non-hydrogen) atoms. The van der Waals surface area contributed by atoms with Crippen molar-refractivity contribution in [2.75, 3.05) is 19.5 Å². The van der Waals surface area contributed by atoms with Crippen LogP contribution in [0.4, 0.5) is 0 Å². The fourth-order valence-corrected chi connectivity index (χ4v) is 2.00. The van der Waals surface area contributed by atoms with Crippen molar-refractivity contribution in [1.29, 1.82) is 0 Å². The molecule has 1 saturated heterocycles. The van der Waals surface area contributed by atoms with Crippen LogP contribution in [0.2, 0.25) is 0 Å². The van der Waals surface area contributed by atoms with Gasteiger partial charge in [-0.3, -0.25) is 9.59 Å². The van der Waals surface area contributed by atoms with Crippen molar-refractivity contribution in [2.45, 2.75) is 31.7 Å². The van der Waals surface area contributed by atoms with Crippen LogP contribution >= 0.6 is 11.6 Å². The Bertz CT molecular complexity index is 246. The van der Waals surface area contributed by atoms with Gasteiger partial charge in [0.1, 0.15) is 6.04 Å². The van der Waals surface area contributed by atoms with Crippen LogP contribution in [0.25, 0.3) is 0 Å². The second-order valence-electron chi connectivity index (χ2n) is 3.65. The Kier molecular flexibility index (Phi) is 4.88. The summed E-state index contributed by atoms with van der Waals surface area (Å²) in [7, 11) is 1.60. The van der Waals surface area contributed by atoms with Crippen molar-refractivity contribution < 1.29 is 9.59 Å². The zero-order valence-corrected chi connectivity index (χ0v) is 9.72. The van der Waals surface area contributed by atoms with Gasteiger partial charge in [0.25, 0.3) is 0 Å². The molecule has 1 heterocycles. The van der Waals surface area contributed by atoms with E-state index in [1.807, 2.05) is 0 Å². The summed E-state index contributed by atoms with van der Waals surface area (Å²) in [5.74, 6) is 0.470. The molecule has 0 radical (unpaired) electrons. The smallest absolute Gasteiger partial charge is 0.242 e. The molecule has 0 aromatic carbocycles. The Morgan fingerprint density at radius 2 is 2.27 bits per heavy atom. The highest BCUT2D eigenvalue weighted by molar-refractivity contribution is 6.17. The largest absolute Gasteiger partial charge is 0.357 e. The molecule has 5 heteroatoms. The van der Waals surface area contributed by atoms with Crippen molar-refractivity contribution in [3.63, 3.8) is 0 Å². The van der Waals surface area contributed by atoms with Crippen LogP contribution in [-0.4, -0.2) is 42.2 Å². The van der Waals surface area contributed by atoms with Gasteiger partial charge in [-0.05, 0) is 19.3 Å². The molecule has 0 aromatic heterocycles. The average Bonchev–Trinajstić information content (AvgIpc) is 2.73. The highest BCUT2D eigenvalue weighted by Crippen LogP contribution is 2.18. The van der Waals surface area contributed by atoms with Crippen LogP contribution in [0.1, 0.15) is 25.7 Å². The third-order valence-electron chi connectivity index (χ3n) is 2.65. The number of nitrogens with one attached hydrogen (secondary N) is 1. The van der Waals surface area contributed by atoms with E-state index in [0.717, 1.165) is 12.8 Å². The van der Waals surface area contributed by atoms with Crippen LogP contribution in [0.15, 0.2) is 0 Å². The van der Waals surface area contributed by atoms with Crippen LogP contribution in [0, 0.1) is 0 Å². The molecular weight excluding hydrogens is 216 g/mol. The van der Waals surface area contributed by atoms with Gasteiger partial charge < -0.3 is 10.2 Å². The minimum absolute atomic E-state index is 0.0433. The molecule has 1 fully saturated rings. The van der Waals surface area contributed by atoms with Gasteiger partial charge >= 0.3 is 0 Å². The first-order chi connectivity index (χ1) is 7.20. The van der Waals surface area contributed by atoms with Crippen molar-refractivity contribution in [3.05, 3.63) is 0 Å². The van der Waals surface area contributed by atoms with E-state index in [1.165, 1.54) is 0 Å². The van der Waals surface area contributed by atoms with Crippen LogP contribution < -0.4 is 5.32 Å². The van der Waals surface area contributed by atoms with Crippen LogP contribution in [-0.2, 0) is 9.59 Å². The SMILES string of the molecule is CNC(=O)C1CCCN1C(=O)CCCCl. The fraction of sp³-hybridized carbons (Fsp3) is 0.800. The summed E-state index contributed by atoms with van der Waals surface area (Å²) in [6, 6.07) is -0.266. The molecule has 4 nitrogen and oxygen atoms in total. The Hall–Kier alpha value is -0.770. The number of hydrogen-bond donors (Lipinski definition) is 1. The highest BCUT2D eigenvalue weighted by atomic mass is 35.5. The highest BCUT2D eigenvalue weighted by Gasteiger charge is 2.32. The molecule has 86 valence electrons. The van der Waals surface area contributed by atoms with E-state index >= 15 is 0 Å². The molecule has 0 bridgehead atoms. The number of carbonyl (C=O) groups excluding carboxylic acids is 2. The molecule has 2 amide bonds. The molecular formula is C10H17ClN2O2. The molecule has 1 aliphatic rings. The molecule has 1 aliphatic heterocycles. The number of alkyl halides is 1. The molecule has 0 spiro atoms. The lowest BCUT2D eigenvalue weighted by Crippen LogP contribution is -2.44. The minimum Gasteiger partial charge on any atom is -0.357 e. The van der Waals surface area contributed by atoms with Gasteiger partial charge in [0, 0.05) is 25.9 Å². The molecule has 0 aromatic rings. The lowest BCUT2D eigenvalue weighted by molar-refractivity contribution is -0.138. The van der Waals surface area contributed by atoms with Crippen molar-refractivity contribution >= 4 is 23.4 Å². The maximum atomic E-state index is 11.7. The van der Waals surface area contributed by atoms with E-state index in [-0.39, 0.29) is 17.9 Å². The summed E-state index contributed by atoms with van der Waals surface area (Å²) in [6.45, 7) is 0.694. The van der Waals surface area contributed by atoms with Gasteiger partial charge in [-0.2, -0.15) is 0 Å². The number of nitrogens with zero attached hydrogens (tertiary/aromatic N) is 1. The second-order valence-corrected chi connectivity index (χ2v) is 4.03. The van der Waals surface area contributed by atoms with Gasteiger partial charge in [-0.15, -0.1) is 11.6 Å². The molecule has 1 rings (SSSR count). The van der Waals surface area contributed by atoms with E-state index < -0.39 is 0 Å². The van der Waals surface area contributed by atoms with Gasteiger partial charge in [-0.1, -0.05) is 0 Å². The first-order valence-electron chi connectivity index (χ1n) is 5.27. The standard InChI is InChI=1S/C10H17ClN2O2/c1-12-10(15)8-4-3-7-13(8)9(14)5-2-6-11/h8H,2-7H2,1H3,(H,12,15). The van der Waals surface area contributed by atoms with Crippen LogP contribution in [0.5, 0.6) is 0 Å². The Morgan fingerprint density at radius 3 is 2.87 bits per heavy atom. The minimum atomic E-state index is -0.266. The van der Waals surface area contributed by atoms with Crippen molar-refractivity contribution in [2.24, 2.45) is 0 Å². The zero-order chi connectivity index (χ0) is 11.3. The molecule has 0 aliphatic carbocycles. The molecule has 1 unspecified atom stereocenters. The molecule has 1 N–H and O–H groups in total. The van der Waals surface area contributed by atoms with Crippen molar-refractivity contribution in [1.82, 2.24) is 10.2 Å². The zero-order valence-electron chi connectivity index (χ0n) is 8.96. The number of likely N-dealkylation sites (N-methyl/N-ethyl adjacent to an activating group) is 1. The second kappa shape index (κ2) is 5.95. The summed E-state index contributed by atoms with van der Waals surface area (Å²) >= 11 is 5.53. The van der Waals surface area contributed by atoms with Crippen LogP contribution in [0.3, 0.4) is 0 Å². The summed E-state index contributed by atoms with van der Waals surface area (Å²) in [5.41, 5.74) is 0. The van der Waals surface area contributed by atoms with E-state index in [0.29, 0.717) is 25.3 Å². The lowest BCUT2D eigenvalue weighted by atomic mass is 10.2. The van der Waals surface area contributed by atoms with Gasteiger partial charge in [0.05, 0.1) is 0 Å². The summed E-state index contributed by atoms with van der Waals surface area (Å²) in [4.78, 5) is 24.9. The topological polar surface area (TPSA) is 49.4 Å². The summed E-state index contributed by atoms with van der Waals surface area (Å²) < 4.78 is 0. The van der Waals surface area contributed by atoms with Gasteiger partial charge in [0.15, 0.2) is 0 Å². The number of hydrogen-bond acceptors (Lipinski definition) is 2. The first kappa shape index (κ1) is 12.3. The quantitative estimate of drug-likeness (QED) is 0.727. The Balaban J connectivity index is 2.52. The number of amides is 2. The normalized spacial score (nSPS) is 20.4. The number of halogens is 1. The third-order valence-corrected chi connectivity index (χ3v) is 2.91. The lowest BCUT2D eigenvalue weighted by Gasteiger charge is -2.23.